The summed E-state index contributed by atoms with van der Waals surface area (Å²) in [6.45, 7) is 0. The van der Waals surface area contributed by atoms with Gasteiger partial charge in [0.05, 0.1) is 16.8 Å². The summed E-state index contributed by atoms with van der Waals surface area (Å²) >= 11 is 3.01. The molecule has 4 rings (SSSR count). The van der Waals surface area contributed by atoms with Gasteiger partial charge in [0.1, 0.15) is 0 Å². The highest BCUT2D eigenvalue weighted by molar-refractivity contribution is 7.24. The molecule has 0 saturated heterocycles. The molecule has 7 heteroatoms. The van der Waals surface area contributed by atoms with Crippen LogP contribution in [0.2, 0.25) is 0 Å². The maximum Gasteiger partial charge on any atom is 0.203 e. The molecule has 0 radical (unpaired) electrons. The minimum absolute atomic E-state index is 0.490. The Bertz CT molecular complexity index is 712. The summed E-state index contributed by atoms with van der Waals surface area (Å²) < 4.78 is 5.42. The van der Waals surface area contributed by atoms with Crippen molar-refractivity contribution >= 4 is 27.8 Å². The van der Waals surface area contributed by atoms with E-state index in [9.17, 15) is 0 Å². The van der Waals surface area contributed by atoms with E-state index in [4.69, 9.17) is 15.1 Å². The number of thiazole rings is 1. The lowest BCUT2D eigenvalue weighted by Crippen LogP contribution is -1.83. The van der Waals surface area contributed by atoms with Gasteiger partial charge in [-0.15, -0.1) is 21.5 Å². The van der Waals surface area contributed by atoms with Crippen LogP contribution in [0.4, 0.5) is 5.13 Å². The SMILES string of the molecule is Nc1nnc(-c2sc(-c3ccco3)nc2C2CC2)s1. The number of hydrogen-bond donors (Lipinski definition) is 1. The summed E-state index contributed by atoms with van der Waals surface area (Å²) in [5.41, 5.74) is 6.79. The van der Waals surface area contributed by atoms with Crippen molar-refractivity contribution in [3.63, 3.8) is 0 Å². The van der Waals surface area contributed by atoms with Crippen LogP contribution in [-0.4, -0.2) is 15.2 Å². The minimum Gasteiger partial charge on any atom is -0.462 e. The zero-order valence-corrected chi connectivity index (χ0v) is 11.5. The molecular weight excluding hydrogens is 280 g/mol. The van der Waals surface area contributed by atoms with Crippen molar-refractivity contribution in [1.82, 2.24) is 15.2 Å². The van der Waals surface area contributed by atoms with Crippen molar-refractivity contribution in [2.75, 3.05) is 5.73 Å². The summed E-state index contributed by atoms with van der Waals surface area (Å²) in [7, 11) is 0. The van der Waals surface area contributed by atoms with Gasteiger partial charge in [0, 0.05) is 5.92 Å². The number of nitrogens with zero attached hydrogens (tertiary/aromatic N) is 3. The fraction of sp³-hybridized carbons (Fsp3) is 0.250. The van der Waals surface area contributed by atoms with Gasteiger partial charge in [-0.25, -0.2) is 4.98 Å². The second-order valence-electron chi connectivity index (χ2n) is 4.43. The summed E-state index contributed by atoms with van der Waals surface area (Å²) in [6, 6.07) is 3.80. The summed E-state index contributed by atoms with van der Waals surface area (Å²) in [6.07, 6.45) is 4.06. The van der Waals surface area contributed by atoms with Crippen molar-refractivity contribution in [2.45, 2.75) is 18.8 Å². The van der Waals surface area contributed by atoms with Crippen molar-refractivity contribution in [3.05, 3.63) is 24.1 Å². The molecule has 1 aliphatic rings. The van der Waals surface area contributed by atoms with Crippen molar-refractivity contribution in [2.24, 2.45) is 0 Å². The van der Waals surface area contributed by atoms with E-state index >= 15 is 0 Å². The fourth-order valence-electron chi connectivity index (χ4n) is 1.95. The molecular formula is C12H10N4OS2. The molecule has 1 saturated carbocycles. The Labute approximate surface area is 117 Å². The topological polar surface area (TPSA) is 77.8 Å². The van der Waals surface area contributed by atoms with E-state index in [1.165, 1.54) is 24.2 Å². The first-order chi connectivity index (χ1) is 9.31. The van der Waals surface area contributed by atoms with Crippen LogP contribution in [0.1, 0.15) is 24.5 Å². The molecule has 0 unspecified atom stereocenters. The number of rotatable bonds is 3. The van der Waals surface area contributed by atoms with Crippen molar-refractivity contribution < 1.29 is 4.42 Å². The molecule has 3 heterocycles. The van der Waals surface area contributed by atoms with E-state index in [-0.39, 0.29) is 0 Å². The van der Waals surface area contributed by atoms with Crippen LogP contribution in [0.3, 0.4) is 0 Å². The lowest BCUT2D eigenvalue weighted by Gasteiger charge is -1.93. The summed E-state index contributed by atoms with van der Waals surface area (Å²) in [5.74, 6) is 1.36. The van der Waals surface area contributed by atoms with Gasteiger partial charge in [0.25, 0.3) is 0 Å². The number of furan rings is 1. The summed E-state index contributed by atoms with van der Waals surface area (Å²) in [4.78, 5) is 5.81. The average molecular weight is 290 g/mol. The quantitative estimate of drug-likeness (QED) is 0.800. The molecule has 2 N–H and O–H groups in total. The molecule has 0 aromatic carbocycles. The molecule has 5 nitrogen and oxygen atoms in total. The number of anilines is 1. The Morgan fingerprint density at radius 2 is 2.11 bits per heavy atom. The maximum atomic E-state index is 5.67. The van der Waals surface area contributed by atoms with Gasteiger partial charge in [-0.1, -0.05) is 11.3 Å². The van der Waals surface area contributed by atoms with Gasteiger partial charge in [-0.2, -0.15) is 0 Å². The van der Waals surface area contributed by atoms with E-state index < -0.39 is 0 Å². The highest BCUT2D eigenvalue weighted by Crippen LogP contribution is 2.48. The number of nitrogen functional groups attached to an aromatic ring is 1. The molecule has 19 heavy (non-hydrogen) atoms. The second-order valence-corrected chi connectivity index (χ2v) is 6.44. The van der Waals surface area contributed by atoms with Crippen molar-refractivity contribution in [1.29, 1.82) is 0 Å². The summed E-state index contributed by atoms with van der Waals surface area (Å²) in [5, 5.41) is 10.3. The number of nitrogens with two attached hydrogens (primary N) is 1. The maximum absolute atomic E-state index is 5.67. The smallest absolute Gasteiger partial charge is 0.203 e. The van der Waals surface area contributed by atoms with Crippen LogP contribution in [-0.2, 0) is 0 Å². The Morgan fingerprint density at radius 1 is 1.21 bits per heavy atom. The highest BCUT2D eigenvalue weighted by Gasteiger charge is 2.31. The molecule has 3 aromatic heterocycles. The Balaban J connectivity index is 1.84. The number of hydrogen-bond acceptors (Lipinski definition) is 7. The van der Waals surface area contributed by atoms with Crippen LogP contribution >= 0.6 is 22.7 Å². The minimum atomic E-state index is 0.490. The second kappa shape index (κ2) is 4.14. The zero-order chi connectivity index (χ0) is 12.8. The molecule has 0 atom stereocenters. The Morgan fingerprint density at radius 3 is 2.74 bits per heavy atom. The molecule has 3 aromatic rings. The zero-order valence-electron chi connectivity index (χ0n) is 9.87. The number of aromatic nitrogens is 3. The molecule has 0 spiro atoms. The first kappa shape index (κ1) is 11.1. The lowest BCUT2D eigenvalue weighted by atomic mass is 10.2. The molecule has 1 fully saturated rings. The van der Waals surface area contributed by atoms with Gasteiger partial charge in [-0.05, 0) is 25.0 Å². The van der Waals surface area contributed by atoms with E-state index in [0.717, 1.165) is 26.3 Å². The van der Waals surface area contributed by atoms with Crippen LogP contribution in [0.25, 0.3) is 20.7 Å². The Hall–Kier alpha value is -1.73. The van der Waals surface area contributed by atoms with E-state index in [0.29, 0.717) is 11.0 Å². The molecule has 0 amide bonds. The molecule has 0 bridgehead atoms. The van der Waals surface area contributed by atoms with E-state index in [1.807, 2.05) is 12.1 Å². The molecule has 0 aliphatic heterocycles. The van der Waals surface area contributed by atoms with E-state index in [2.05, 4.69) is 10.2 Å². The fourth-order valence-corrected chi connectivity index (χ4v) is 3.76. The van der Waals surface area contributed by atoms with Crippen LogP contribution in [0, 0.1) is 0 Å². The molecule has 96 valence electrons. The third kappa shape index (κ3) is 1.95. The predicted octanol–water partition coefficient (Wildman–Crippen LogP) is 3.38. The molecule has 1 aliphatic carbocycles. The Kier molecular flexibility index (Phi) is 2.42. The highest BCUT2D eigenvalue weighted by atomic mass is 32.1. The third-order valence-corrected chi connectivity index (χ3v) is 4.98. The van der Waals surface area contributed by atoms with Crippen molar-refractivity contribution in [3.8, 4) is 20.7 Å². The van der Waals surface area contributed by atoms with Crippen LogP contribution in [0.15, 0.2) is 22.8 Å². The van der Waals surface area contributed by atoms with Gasteiger partial charge in [0.15, 0.2) is 15.8 Å². The van der Waals surface area contributed by atoms with E-state index in [1.54, 1.807) is 17.6 Å². The normalized spacial score (nSPS) is 14.9. The first-order valence-electron chi connectivity index (χ1n) is 5.95. The lowest BCUT2D eigenvalue weighted by molar-refractivity contribution is 0.581. The largest absolute Gasteiger partial charge is 0.462 e. The van der Waals surface area contributed by atoms with Crippen LogP contribution < -0.4 is 5.73 Å². The third-order valence-electron chi connectivity index (χ3n) is 2.98. The first-order valence-corrected chi connectivity index (χ1v) is 7.58. The average Bonchev–Trinajstić information content (AvgIpc) is 2.87. The van der Waals surface area contributed by atoms with Gasteiger partial charge in [-0.3, -0.25) is 0 Å². The van der Waals surface area contributed by atoms with Gasteiger partial charge in [0.2, 0.25) is 5.13 Å². The predicted molar refractivity (Wildman–Crippen MR) is 75.1 cm³/mol. The monoisotopic (exact) mass is 290 g/mol. The van der Waals surface area contributed by atoms with Gasteiger partial charge >= 0.3 is 0 Å². The van der Waals surface area contributed by atoms with Gasteiger partial charge < -0.3 is 10.2 Å². The van der Waals surface area contributed by atoms with Crippen LogP contribution in [0.5, 0.6) is 0 Å². The standard InChI is InChI=1S/C12H10N4OS2/c13-12-16-15-11(19-12)9-8(6-3-4-6)14-10(18-9)7-2-1-5-17-7/h1-2,5-6H,3-4H2,(H2,13,16).